The highest BCUT2D eigenvalue weighted by molar-refractivity contribution is 5.92. The molecule has 1 aromatic carbocycles. The zero-order valence-corrected chi connectivity index (χ0v) is 16.4. The van der Waals surface area contributed by atoms with E-state index >= 15 is 0 Å². The Labute approximate surface area is 161 Å². The van der Waals surface area contributed by atoms with Crippen molar-refractivity contribution in [1.82, 2.24) is 10.3 Å². The largest absolute Gasteiger partial charge is 0.383 e. The molecule has 1 aliphatic heterocycles. The average molecular weight is 368 g/mol. The van der Waals surface area contributed by atoms with Gasteiger partial charge in [-0.15, -0.1) is 0 Å². The van der Waals surface area contributed by atoms with E-state index in [0.717, 1.165) is 31.9 Å². The lowest BCUT2D eigenvalue weighted by Crippen LogP contribution is -2.46. The first-order chi connectivity index (χ1) is 13.1. The maximum atomic E-state index is 12.0. The molecule has 3 rings (SSSR count). The van der Waals surface area contributed by atoms with E-state index in [1.165, 1.54) is 16.8 Å². The van der Waals surface area contributed by atoms with Gasteiger partial charge in [0.15, 0.2) is 0 Å². The molecule has 1 N–H and O–H groups in total. The molecule has 0 unspecified atom stereocenters. The first-order valence-corrected chi connectivity index (χ1v) is 9.39. The van der Waals surface area contributed by atoms with Gasteiger partial charge in [-0.05, 0) is 43.2 Å². The zero-order chi connectivity index (χ0) is 19.2. The van der Waals surface area contributed by atoms with Crippen molar-refractivity contribution in [3.05, 3.63) is 53.3 Å². The predicted molar refractivity (Wildman–Crippen MR) is 109 cm³/mol. The number of methoxy groups -OCH3 is 1. The van der Waals surface area contributed by atoms with E-state index in [1.54, 1.807) is 19.4 Å². The quantitative estimate of drug-likeness (QED) is 0.794. The van der Waals surface area contributed by atoms with Crippen LogP contribution in [-0.4, -0.2) is 57.3 Å². The van der Waals surface area contributed by atoms with E-state index < -0.39 is 0 Å². The summed E-state index contributed by atoms with van der Waals surface area (Å²) < 4.78 is 4.94. The molecule has 0 bridgehead atoms. The van der Waals surface area contributed by atoms with Gasteiger partial charge in [0.1, 0.15) is 5.69 Å². The maximum Gasteiger partial charge on any atom is 0.269 e. The molecule has 144 valence electrons. The van der Waals surface area contributed by atoms with Gasteiger partial charge >= 0.3 is 0 Å². The smallest absolute Gasteiger partial charge is 0.269 e. The Bertz CT molecular complexity index is 768. The molecule has 6 heteroatoms. The Morgan fingerprint density at radius 1 is 1.11 bits per heavy atom. The van der Waals surface area contributed by atoms with Crippen LogP contribution in [0.1, 0.15) is 21.6 Å². The fourth-order valence-corrected chi connectivity index (χ4v) is 3.35. The molecule has 1 aliphatic rings. The second kappa shape index (κ2) is 8.86. The summed E-state index contributed by atoms with van der Waals surface area (Å²) in [6.07, 6.45) is 1.79. The van der Waals surface area contributed by atoms with Gasteiger partial charge in [0.2, 0.25) is 0 Å². The van der Waals surface area contributed by atoms with Gasteiger partial charge in [-0.3, -0.25) is 4.79 Å². The standard InChI is InChI=1S/C21H28N4O2/c1-16-5-4-6-20(17(16)2)25-12-10-24(11-13-25)18-7-8-19(23-15-18)21(26)22-9-14-27-3/h4-8,15H,9-14H2,1-3H3,(H,22,26). The van der Waals surface area contributed by atoms with Crippen LogP contribution in [0.3, 0.4) is 0 Å². The van der Waals surface area contributed by atoms with Crippen molar-refractivity contribution in [2.45, 2.75) is 13.8 Å². The third-order valence-corrected chi connectivity index (χ3v) is 5.13. The summed E-state index contributed by atoms with van der Waals surface area (Å²) in [4.78, 5) is 21.1. The Hall–Kier alpha value is -2.60. The van der Waals surface area contributed by atoms with E-state index in [0.29, 0.717) is 18.8 Å². The Balaban J connectivity index is 1.58. The number of pyridine rings is 1. The van der Waals surface area contributed by atoms with E-state index in [-0.39, 0.29) is 5.91 Å². The van der Waals surface area contributed by atoms with Crippen molar-refractivity contribution in [3.8, 4) is 0 Å². The first-order valence-electron chi connectivity index (χ1n) is 9.39. The third kappa shape index (κ3) is 4.57. The number of nitrogens with one attached hydrogen (secondary N) is 1. The Morgan fingerprint density at radius 3 is 2.52 bits per heavy atom. The zero-order valence-electron chi connectivity index (χ0n) is 16.4. The van der Waals surface area contributed by atoms with Gasteiger partial charge in [-0.1, -0.05) is 12.1 Å². The second-order valence-corrected chi connectivity index (χ2v) is 6.84. The van der Waals surface area contributed by atoms with Crippen LogP contribution in [0.2, 0.25) is 0 Å². The van der Waals surface area contributed by atoms with E-state index in [1.807, 2.05) is 6.07 Å². The number of anilines is 2. The summed E-state index contributed by atoms with van der Waals surface area (Å²) in [5, 5.41) is 2.79. The summed E-state index contributed by atoms with van der Waals surface area (Å²) in [5.74, 6) is -0.168. The van der Waals surface area contributed by atoms with Crippen LogP contribution in [0.15, 0.2) is 36.5 Å². The number of hydrogen-bond donors (Lipinski definition) is 1. The summed E-state index contributed by atoms with van der Waals surface area (Å²) in [6.45, 7) is 9.16. The van der Waals surface area contributed by atoms with Crippen LogP contribution in [0.4, 0.5) is 11.4 Å². The van der Waals surface area contributed by atoms with Crippen LogP contribution < -0.4 is 15.1 Å². The minimum absolute atomic E-state index is 0.168. The number of aromatic nitrogens is 1. The second-order valence-electron chi connectivity index (χ2n) is 6.84. The molecular formula is C21H28N4O2. The normalized spacial score (nSPS) is 14.3. The van der Waals surface area contributed by atoms with Gasteiger partial charge in [0.25, 0.3) is 5.91 Å². The molecule has 0 saturated carbocycles. The number of aryl methyl sites for hydroxylation is 1. The van der Waals surface area contributed by atoms with Gasteiger partial charge in [-0.2, -0.15) is 0 Å². The molecule has 0 radical (unpaired) electrons. The van der Waals surface area contributed by atoms with E-state index in [2.05, 4.69) is 52.1 Å². The summed E-state index contributed by atoms with van der Waals surface area (Å²) >= 11 is 0. The molecule has 0 aliphatic carbocycles. The summed E-state index contributed by atoms with van der Waals surface area (Å²) in [6, 6.07) is 10.3. The minimum Gasteiger partial charge on any atom is -0.383 e. The highest BCUT2D eigenvalue weighted by Gasteiger charge is 2.19. The number of nitrogens with zero attached hydrogens (tertiary/aromatic N) is 3. The lowest BCUT2D eigenvalue weighted by molar-refractivity contribution is 0.0932. The maximum absolute atomic E-state index is 12.0. The molecule has 1 saturated heterocycles. The lowest BCUT2D eigenvalue weighted by atomic mass is 10.1. The third-order valence-electron chi connectivity index (χ3n) is 5.13. The fraction of sp³-hybridized carbons (Fsp3) is 0.429. The molecule has 2 aromatic rings. The van der Waals surface area contributed by atoms with Crippen molar-refractivity contribution in [1.29, 1.82) is 0 Å². The summed E-state index contributed by atoms with van der Waals surface area (Å²) in [5.41, 5.74) is 5.51. The van der Waals surface area contributed by atoms with Gasteiger partial charge < -0.3 is 19.9 Å². The van der Waals surface area contributed by atoms with Gasteiger partial charge in [0, 0.05) is 45.5 Å². The number of piperazine rings is 1. The molecule has 2 heterocycles. The number of hydrogen-bond acceptors (Lipinski definition) is 5. The van der Waals surface area contributed by atoms with Crippen molar-refractivity contribution >= 4 is 17.3 Å². The highest BCUT2D eigenvalue weighted by atomic mass is 16.5. The minimum atomic E-state index is -0.168. The molecule has 1 aromatic heterocycles. The molecule has 1 amide bonds. The molecule has 0 atom stereocenters. The number of carbonyl (C=O) groups is 1. The van der Waals surface area contributed by atoms with Crippen molar-refractivity contribution < 1.29 is 9.53 Å². The fourth-order valence-electron chi connectivity index (χ4n) is 3.35. The molecule has 27 heavy (non-hydrogen) atoms. The molecule has 6 nitrogen and oxygen atoms in total. The highest BCUT2D eigenvalue weighted by Crippen LogP contribution is 2.25. The van der Waals surface area contributed by atoms with Crippen LogP contribution in [0.25, 0.3) is 0 Å². The van der Waals surface area contributed by atoms with Gasteiger partial charge in [0.05, 0.1) is 18.5 Å². The molecule has 0 spiro atoms. The monoisotopic (exact) mass is 368 g/mol. The number of amides is 1. The average Bonchev–Trinajstić information content (AvgIpc) is 2.70. The molecule has 1 fully saturated rings. The summed E-state index contributed by atoms with van der Waals surface area (Å²) in [7, 11) is 1.61. The number of rotatable bonds is 6. The van der Waals surface area contributed by atoms with E-state index in [4.69, 9.17) is 4.74 Å². The van der Waals surface area contributed by atoms with Gasteiger partial charge in [-0.25, -0.2) is 4.98 Å². The Morgan fingerprint density at radius 2 is 1.85 bits per heavy atom. The van der Waals surface area contributed by atoms with Crippen LogP contribution >= 0.6 is 0 Å². The van der Waals surface area contributed by atoms with Crippen LogP contribution in [-0.2, 0) is 4.74 Å². The number of benzene rings is 1. The van der Waals surface area contributed by atoms with Crippen molar-refractivity contribution in [3.63, 3.8) is 0 Å². The van der Waals surface area contributed by atoms with E-state index in [9.17, 15) is 4.79 Å². The van der Waals surface area contributed by atoms with Crippen molar-refractivity contribution in [2.75, 3.05) is 56.2 Å². The van der Waals surface area contributed by atoms with Crippen LogP contribution in [0.5, 0.6) is 0 Å². The number of ether oxygens (including phenoxy) is 1. The van der Waals surface area contributed by atoms with Crippen LogP contribution in [0, 0.1) is 13.8 Å². The first kappa shape index (κ1) is 19.2. The SMILES string of the molecule is COCCNC(=O)c1ccc(N2CCN(c3cccc(C)c3C)CC2)cn1. The Kier molecular flexibility index (Phi) is 6.29. The number of carbonyl (C=O) groups excluding carboxylic acids is 1. The lowest BCUT2D eigenvalue weighted by Gasteiger charge is -2.38. The van der Waals surface area contributed by atoms with Crippen molar-refractivity contribution in [2.24, 2.45) is 0 Å². The molecular weight excluding hydrogens is 340 g/mol. The topological polar surface area (TPSA) is 57.7 Å². The predicted octanol–water partition coefficient (Wildman–Crippen LogP) is 2.40.